The first-order valence-corrected chi connectivity index (χ1v) is 10.9. The summed E-state index contributed by atoms with van der Waals surface area (Å²) in [5.41, 5.74) is 0.583. The Morgan fingerprint density at radius 2 is 1.58 bits per heavy atom. The van der Waals surface area contributed by atoms with E-state index in [1.54, 1.807) is 18.5 Å². The molecule has 0 N–H and O–H groups in total. The Morgan fingerprint density at radius 3 is 2.19 bits per heavy atom. The summed E-state index contributed by atoms with van der Waals surface area (Å²) in [7, 11) is -4.03. The lowest BCUT2D eigenvalue weighted by atomic mass is 10.2. The zero-order valence-corrected chi connectivity index (χ0v) is 17.0. The van der Waals surface area contributed by atoms with Crippen LogP contribution in [0.25, 0.3) is 11.3 Å². The Labute approximate surface area is 177 Å². The first-order valence-electron chi connectivity index (χ1n) is 9.42. The minimum Gasteiger partial charge on any atom is -0.352 e. The zero-order chi connectivity index (χ0) is 22.1. The minimum atomic E-state index is -4.61. The molecule has 2 aromatic heterocycles. The lowest BCUT2D eigenvalue weighted by Crippen LogP contribution is -2.49. The molecule has 0 bridgehead atoms. The molecule has 0 atom stereocenters. The highest BCUT2D eigenvalue weighted by Crippen LogP contribution is 2.31. The summed E-state index contributed by atoms with van der Waals surface area (Å²) in [5, 5.41) is 8.44. The van der Waals surface area contributed by atoms with Crippen molar-refractivity contribution in [3.8, 4) is 11.3 Å². The fourth-order valence-corrected chi connectivity index (χ4v) is 4.78. The molecule has 162 valence electrons. The van der Waals surface area contributed by atoms with Crippen molar-refractivity contribution >= 4 is 15.8 Å². The second kappa shape index (κ2) is 8.23. The van der Waals surface area contributed by atoms with E-state index in [0.717, 1.165) is 17.7 Å². The van der Waals surface area contributed by atoms with Crippen LogP contribution in [-0.4, -0.2) is 54.1 Å². The van der Waals surface area contributed by atoms with Gasteiger partial charge in [0, 0.05) is 44.1 Å². The molecular formula is C20H18F3N5O2S. The van der Waals surface area contributed by atoms with Gasteiger partial charge in [-0.2, -0.15) is 17.5 Å². The molecule has 1 fully saturated rings. The maximum atomic E-state index is 12.9. The normalized spacial score (nSPS) is 15.8. The first kappa shape index (κ1) is 21.2. The van der Waals surface area contributed by atoms with Crippen LogP contribution < -0.4 is 4.90 Å². The molecule has 1 aliphatic heterocycles. The SMILES string of the molecule is O=S(=O)(c1cccc(C(F)(F)F)c1)N1CCN(c2ccc(-c3ccncc3)nn2)CC1. The summed E-state index contributed by atoms with van der Waals surface area (Å²) in [6.07, 6.45) is -1.28. The Morgan fingerprint density at radius 1 is 0.871 bits per heavy atom. The lowest BCUT2D eigenvalue weighted by molar-refractivity contribution is -0.137. The van der Waals surface area contributed by atoms with Crippen molar-refractivity contribution in [2.45, 2.75) is 11.1 Å². The fraction of sp³-hybridized carbons (Fsp3) is 0.250. The number of anilines is 1. The Balaban J connectivity index is 1.45. The van der Waals surface area contributed by atoms with Gasteiger partial charge in [-0.25, -0.2) is 8.42 Å². The number of nitrogens with zero attached hydrogens (tertiary/aromatic N) is 5. The van der Waals surface area contributed by atoms with Crippen LogP contribution in [0, 0.1) is 0 Å². The molecule has 1 aromatic carbocycles. The van der Waals surface area contributed by atoms with Gasteiger partial charge in [0.1, 0.15) is 0 Å². The van der Waals surface area contributed by atoms with E-state index < -0.39 is 21.8 Å². The highest BCUT2D eigenvalue weighted by molar-refractivity contribution is 7.89. The monoisotopic (exact) mass is 449 g/mol. The molecule has 0 radical (unpaired) electrons. The molecule has 0 spiro atoms. The average molecular weight is 449 g/mol. The Bertz CT molecular complexity index is 1150. The number of rotatable bonds is 4. The van der Waals surface area contributed by atoms with Crippen LogP contribution in [0.3, 0.4) is 0 Å². The van der Waals surface area contributed by atoms with E-state index in [-0.39, 0.29) is 18.0 Å². The van der Waals surface area contributed by atoms with E-state index in [4.69, 9.17) is 0 Å². The summed E-state index contributed by atoms with van der Waals surface area (Å²) < 4.78 is 65.7. The van der Waals surface area contributed by atoms with Crippen molar-refractivity contribution in [3.05, 3.63) is 66.5 Å². The summed E-state index contributed by atoms with van der Waals surface area (Å²) in [6, 6.07) is 11.1. The van der Waals surface area contributed by atoms with Crippen LogP contribution in [0.4, 0.5) is 19.0 Å². The van der Waals surface area contributed by atoms with Gasteiger partial charge in [-0.15, -0.1) is 10.2 Å². The third kappa shape index (κ3) is 4.52. The van der Waals surface area contributed by atoms with Crippen molar-refractivity contribution in [2.24, 2.45) is 0 Å². The maximum absolute atomic E-state index is 12.9. The Kier molecular flexibility index (Phi) is 5.63. The van der Waals surface area contributed by atoms with E-state index in [1.165, 1.54) is 10.4 Å². The van der Waals surface area contributed by atoms with E-state index in [0.29, 0.717) is 30.7 Å². The van der Waals surface area contributed by atoms with E-state index >= 15 is 0 Å². The van der Waals surface area contributed by atoms with Crippen LogP contribution in [0.5, 0.6) is 0 Å². The molecule has 11 heteroatoms. The summed E-state index contributed by atoms with van der Waals surface area (Å²) in [5.74, 6) is 0.605. The number of aromatic nitrogens is 3. The number of pyridine rings is 1. The largest absolute Gasteiger partial charge is 0.416 e. The number of halogens is 3. The first-order chi connectivity index (χ1) is 14.7. The Hall–Kier alpha value is -3.05. The average Bonchev–Trinajstić information content (AvgIpc) is 2.79. The highest BCUT2D eigenvalue weighted by Gasteiger charge is 2.34. The molecule has 1 aliphatic rings. The summed E-state index contributed by atoms with van der Waals surface area (Å²) in [6.45, 7) is 0.960. The van der Waals surface area contributed by atoms with Crippen LogP contribution >= 0.6 is 0 Å². The number of benzene rings is 1. The molecule has 4 rings (SSSR count). The van der Waals surface area contributed by atoms with Crippen molar-refractivity contribution < 1.29 is 21.6 Å². The molecule has 3 aromatic rings. The number of sulfonamides is 1. The quantitative estimate of drug-likeness (QED) is 0.609. The van der Waals surface area contributed by atoms with E-state index in [9.17, 15) is 21.6 Å². The molecule has 31 heavy (non-hydrogen) atoms. The minimum absolute atomic E-state index is 0.131. The molecule has 0 saturated carbocycles. The predicted molar refractivity (Wildman–Crippen MR) is 108 cm³/mol. The summed E-state index contributed by atoms with van der Waals surface area (Å²) >= 11 is 0. The van der Waals surface area contributed by atoms with Crippen molar-refractivity contribution in [1.29, 1.82) is 0 Å². The van der Waals surface area contributed by atoms with Crippen LogP contribution in [0.1, 0.15) is 5.56 Å². The molecule has 0 aliphatic carbocycles. The van der Waals surface area contributed by atoms with Crippen molar-refractivity contribution in [3.63, 3.8) is 0 Å². The molecule has 7 nitrogen and oxygen atoms in total. The molecule has 0 unspecified atom stereocenters. The van der Waals surface area contributed by atoms with Crippen molar-refractivity contribution in [2.75, 3.05) is 31.1 Å². The van der Waals surface area contributed by atoms with Gasteiger partial charge in [-0.1, -0.05) is 6.07 Å². The predicted octanol–water partition coefficient (Wildman–Crippen LogP) is 3.07. The highest BCUT2D eigenvalue weighted by atomic mass is 32.2. The van der Waals surface area contributed by atoms with E-state index in [2.05, 4.69) is 15.2 Å². The standard InChI is InChI=1S/C20H18F3N5O2S/c21-20(22,23)16-2-1-3-17(14-16)31(29,30)28-12-10-27(11-13-28)19-5-4-18(25-26-19)15-6-8-24-9-7-15/h1-9,14H,10-13H2. The lowest BCUT2D eigenvalue weighted by Gasteiger charge is -2.34. The topological polar surface area (TPSA) is 79.3 Å². The molecule has 0 amide bonds. The van der Waals surface area contributed by atoms with Gasteiger partial charge in [0.2, 0.25) is 10.0 Å². The van der Waals surface area contributed by atoms with Gasteiger partial charge in [-0.3, -0.25) is 4.98 Å². The third-order valence-corrected chi connectivity index (χ3v) is 6.88. The van der Waals surface area contributed by atoms with Crippen LogP contribution in [0.2, 0.25) is 0 Å². The fourth-order valence-electron chi connectivity index (χ4n) is 3.31. The number of piperazine rings is 1. The number of hydrogen-bond acceptors (Lipinski definition) is 6. The van der Waals surface area contributed by atoms with Crippen LogP contribution in [-0.2, 0) is 16.2 Å². The molecular weight excluding hydrogens is 431 g/mol. The van der Waals surface area contributed by atoms with Gasteiger partial charge in [-0.05, 0) is 42.5 Å². The van der Waals surface area contributed by atoms with Gasteiger partial charge in [0.05, 0.1) is 16.2 Å². The van der Waals surface area contributed by atoms with Gasteiger partial charge < -0.3 is 4.90 Å². The smallest absolute Gasteiger partial charge is 0.352 e. The molecule has 3 heterocycles. The number of hydrogen-bond donors (Lipinski definition) is 0. The van der Waals surface area contributed by atoms with Crippen molar-refractivity contribution in [1.82, 2.24) is 19.5 Å². The third-order valence-electron chi connectivity index (χ3n) is 4.99. The van der Waals surface area contributed by atoms with E-state index in [1.807, 2.05) is 23.1 Å². The maximum Gasteiger partial charge on any atom is 0.416 e. The van der Waals surface area contributed by atoms with Gasteiger partial charge >= 0.3 is 6.18 Å². The number of alkyl halides is 3. The van der Waals surface area contributed by atoms with Gasteiger partial charge in [0.25, 0.3) is 0 Å². The second-order valence-electron chi connectivity index (χ2n) is 6.93. The van der Waals surface area contributed by atoms with Crippen LogP contribution in [0.15, 0.2) is 65.8 Å². The summed E-state index contributed by atoms with van der Waals surface area (Å²) in [4.78, 5) is 5.49. The molecule has 1 saturated heterocycles. The zero-order valence-electron chi connectivity index (χ0n) is 16.2. The van der Waals surface area contributed by atoms with Gasteiger partial charge in [0.15, 0.2) is 5.82 Å². The second-order valence-corrected chi connectivity index (χ2v) is 8.87.